The van der Waals surface area contributed by atoms with Crippen LogP contribution < -0.4 is 0 Å². The second-order valence-corrected chi connectivity index (χ2v) is 7.50. The fourth-order valence-corrected chi connectivity index (χ4v) is 3.68. The zero-order valence-electron chi connectivity index (χ0n) is 15.1. The van der Waals surface area contributed by atoms with Crippen molar-refractivity contribution in [3.05, 3.63) is 60.3 Å². The Bertz CT molecular complexity index is 979. The maximum Gasteiger partial charge on any atom is 0.272 e. The summed E-state index contributed by atoms with van der Waals surface area (Å²) in [7, 11) is 0. The first-order valence-electron chi connectivity index (χ1n) is 9.51. The minimum atomic E-state index is -0.0413. The van der Waals surface area contributed by atoms with E-state index in [9.17, 15) is 4.79 Å². The quantitative estimate of drug-likeness (QED) is 0.700. The molecule has 0 N–H and O–H groups in total. The van der Waals surface area contributed by atoms with Crippen molar-refractivity contribution in [1.82, 2.24) is 19.4 Å². The third-order valence-electron chi connectivity index (χ3n) is 5.39. The maximum atomic E-state index is 13.1. The number of amides is 1. The molecule has 2 aromatic heterocycles. The maximum absolute atomic E-state index is 13.1. The van der Waals surface area contributed by atoms with E-state index in [4.69, 9.17) is 4.74 Å². The van der Waals surface area contributed by atoms with Crippen LogP contribution >= 0.6 is 0 Å². The molecule has 1 aliphatic carbocycles. The van der Waals surface area contributed by atoms with Crippen LogP contribution in [0, 0.1) is 5.92 Å². The number of pyridine rings is 1. The molecule has 3 heterocycles. The number of hydrogen-bond donors (Lipinski definition) is 0. The molecule has 0 spiro atoms. The van der Waals surface area contributed by atoms with Gasteiger partial charge in [-0.25, -0.2) is 9.97 Å². The number of rotatable bonds is 5. The highest BCUT2D eigenvalue weighted by molar-refractivity contribution is 5.95. The number of hydrogen-bond acceptors (Lipinski definition) is 4. The van der Waals surface area contributed by atoms with E-state index in [1.54, 1.807) is 0 Å². The zero-order chi connectivity index (χ0) is 18.2. The Kier molecular flexibility index (Phi) is 4.13. The molecule has 1 fully saturated rings. The number of ether oxygens (including phenoxy) is 1. The van der Waals surface area contributed by atoms with E-state index in [0.717, 1.165) is 29.1 Å². The third kappa shape index (κ3) is 3.32. The number of para-hydroxylation sites is 1. The Morgan fingerprint density at radius 2 is 2.04 bits per heavy atom. The minimum absolute atomic E-state index is 0.0413. The first-order valence-corrected chi connectivity index (χ1v) is 9.51. The van der Waals surface area contributed by atoms with Gasteiger partial charge in [-0.05, 0) is 30.9 Å². The van der Waals surface area contributed by atoms with Gasteiger partial charge in [-0.3, -0.25) is 4.79 Å². The van der Waals surface area contributed by atoms with E-state index >= 15 is 0 Å². The summed E-state index contributed by atoms with van der Waals surface area (Å²) < 4.78 is 8.06. The number of aromatic nitrogens is 3. The molecule has 1 amide bonds. The van der Waals surface area contributed by atoms with Gasteiger partial charge in [0.1, 0.15) is 5.69 Å². The number of carbonyl (C=O) groups excluding carboxylic acids is 1. The number of nitrogens with zero attached hydrogens (tertiary/aromatic N) is 4. The molecular formula is C21H22N4O2. The Morgan fingerprint density at radius 1 is 1.15 bits per heavy atom. The molecule has 0 saturated heterocycles. The molecule has 0 bridgehead atoms. The van der Waals surface area contributed by atoms with Crippen molar-refractivity contribution >= 4 is 16.8 Å². The standard InChI is InChI=1S/C21H22N4O2/c26-21(20-8-7-16-3-1-2-4-19(16)23-20)24-10-17-9-22-14-25(17)18(11-24)13-27-12-15-5-6-15/h1-4,7-9,14-15,18H,5-6,10-13H2. The first-order chi connectivity index (χ1) is 13.3. The average molecular weight is 362 g/mol. The molecule has 1 unspecified atom stereocenters. The normalized spacial score (nSPS) is 19.3. The van der Waals surface area contributed by atoms with Gasteiger partial charge in [0.2, 0.25) is 0 Å². The summed E-state index contributed by atoms with van der Waals surface area (Å²) in [5.74, 6) is 0.691. The van der Waals surface area contributed by atoms with Gasteiger partial charge in [0.25, 0.3) is 5.91 Å². The van der Waals surface area contributed by atoms with Crippen LogP contribution in [-0.2, 0) is 11.3 Å². The lowest BCUT2D eigenvalue weighted by atomic mass is 10.1. The lowest BCUT2D eigenvalue weighted by molar-refractivity contribution is 0.0495. The van der Waals surface area contributed by atoms with E-state index < -0.39 is 0 Å². The summed E-state index contributed by atoms with van der Waals surface area (Å²) >= 11 is 0. The highest BCUT2D eigenvalue weighted by Crippen LogP contribution is 2.30. The molecular weight excluding hydrogens is 340 g/mol. The molecule has 3 aromatic rings. The number of imidazole rings is 1. The fourth-order valence-electron chi connectivity index (χ4n) is 3.68. The summed E-state index contributed by atoms with van der Waals surface area (Å²) in [6, 6.07) is 11.7. The second kappa shape index (κ2) is 6.78. The lowest BCUT2D eigenvalue weighted by Gasteiger charge is -2.34. The van der Waals surface area contributed by atoms with E-state index in [1.165, 1.54) is 12.8 Å². The molecule has 1 atom stereocenters. The van der Waals surface area contributed by atoms with E-state index in [0.29, 0.717) is 25.4 Å². The van der Waals surface area contributed by atoms with Gasteiger partial charge in [0.15, 0.2) is 0 Å². The summed E-state index contributed by atoms with van der Waals surface area (Å²) in [6.07, 6.45) is 6.23. The van der Waals surface area contributed by atoms with Crippen molar-refractivity contribution in [2.24, 2.45) is 5.92 Å². The molecule has 138 valence electrons. The number of fused-ring (bicyclic) bond motifs is 2. The van der Waals surface area contributed by atoms with Crippen LogP contribution in [0.2, 0.25) is 0 Å². The number of carbonyl (C=O) groups is 1. The largest absolute Gasteiger partial charge is 0.379 e. The smallest absolute Gasteiger partial charge is 0.272 e. The van der Waals surface area contributed by atoms with Crippen LogP contribution in [0.25, 0.3) is 10.9 Å². The van der Waals surface area contributed by atoms with E-state index in [1.807, 2.05) is 53.8 Å². The molecule has 2 aliphatic rings. The minimum Gasteiger partial charge on any atom is -0.379 e. The lowest BCUT2D eigenvalue weighted by Crippen LogP contribution is -2.42. The van der Waals surface area contributed by atoms with Crippen molar-refractivity contribution in [2.75, 3.05) is 19.8 Å². The molecule has 27 heavy (non-hydrogen) atoms. The number of benzene rings is 1. The molecule has 1 aromatic carbocycles. The SMILES string of the molecule is O=C(c1ccc2ccccc2n1)N1Cc2cncn2C(COCC2CC2)C1. The molecule has 5 rings (SSSR count). The highest BCUT2D eigenvalue weighted by atomic mass is 16.5. The highest BCUT2D eigenvalue weighted by Gasteiger charge is 2.30. The van der Waals surface area contributed by atoms with Gasteiger partial charge < -0.3 is 14.2 Å². The van der Waals surface area contributed by atoms with Crippen LogP contribution in [0.3, 0.4) is 0 Å². The molecule has 6 heteroatoms. The van der Waals surface area contributed by atoms with Crippen molar-refractivity contribution < 1.29 is 9.53 Å². The molecule has 6 nitrogen and oxygen atoms in total. The van der Waals surface area contributed by atoms with Crippen molar-refractivity contribution in [1.29, 1.82) is 0 Å². The summed E-state index contributed by atoms with van der Waals surface area (Å²) in [5, 5.41) is 1.04. The third-order valence-corrected chi connectivity index (χ3v) is 5.39. The monoisotopic (exact) mass is 362 g/mol. The van der Waals surface area contributed by atoms with Crippen LogP contribution in [0.5, 0.6) is 0 Å². The Hall–Kier alpha value is -2.73. The Morgan fingerprint density at radius 3 is 2.93 bits per heavy atom. The van der Waals surface area contributed by atoms with Gasteiger partial charge in [-0.15, -0.1) is 0 Å². The van der Waals surface area contributed by atoms with E-state index in [2.05, 4.69) is 14.5 Å². The topological polar surface area (TPSA) is 60.2 Å². The molecule has 0 radical (unpaired) electrons. The second-order valence-electron chi connectivity index (χ2n) is 7.50. The van der Waals surface area contributed by atoms with Gasteiger partial charge >= 0.3 is 0 Å². The van der Waals surface area contributed by atoms with Crippen LogP contribution in [-0.4, -0.2) is 45.1 Å². The van der Waals surface area contributed by atoms with Gasteiger partial charge in [-0.2, -0.15) is 0 Å². The fraction of sp³-hybridized carbons (Fsp3) is 0.381. The van der Waals surface area contributed by atoms with Gasteiger partial charge in [-0.1, -0.05) is 24.3 Å². The first kappa shape index (κ1) is 16.4. The summed E-state index contributed by atoms with van der Waals surface area (Å²) in [6.45, 7) is 2.59. The van der Waals surface area contributed by atoms with Crippen LogP contribution in [0.1, 0.15) is 35.1 Å². The van der Waals surface area contributed by atoms with Gasteiger partial charge in [0.05, 0.1) is 36.7 Å². The zero-order valence-corrected chi connectivity index (χ0v) is 15.1. The molecule has 1 aliphatic heterocycles. The van der Waals surface area contributed by atoms with Crippen molar-refractivity contribution in [2.45, 2.75) is 25.4 Å². The Labute approximate surface area is 157 Å². The van der Waals surface area contributed by atoms with E-state index in [-0.39, 0.29) is 11.9 Å². The van der Waals surface area contributed by atoms with Crippen molar-refractivity contribution in [3.63, 3.8) is 0 Å². The summed E-state index contributed by atoms with van der Waals surface area (Å²) in [5.41, 5.74) is 2.37. The van der Waals surface area contributed by atoms with Crippen LogP contribution in [0.4, 0.5) is 0 Å². The molecule has 1 saturated carbocycles. The van der Waals surface area contributed by atoms with Crippen LogP contribution in [0.15, 0.2) is 48.9 Å². The predicted molar refractivity (Wildman–Crippen MR) is 101 cm³/mol. The van der Waals surface area contributed by atoms with Gasteiger partial charge in [0, 0.05) is 24.7 Å². The predicted octanol–water partition coefficient (Wildman–Crippen LogP) is 3.06. The Balaban J connectivity index is 1.36. The average Bonchev–Trinajstić information content (AvgIpc) is 3.40. The van der Waals surface area contributed by atoms with Crippen molar-refractivity contribution in [3.8, 4) is 0 Å². The summed E-state index contributed by atoms with van der Waals surface area (Å²) in [4.78, 5) is 23.8.